The van der Waals surface area contributed by atoms with Crippen molar-refractivity contribution in [3.8, 4) is 0 Å². The first kappa shape index (κ1) is 12.7. The summed E-state index contributed by atoms with van der Waals surface area (Å²) in [7, 11) is 0. The van der Waals surface area contributed by atoms with Crippen LogP contribution in [0.1, 0.15) is 32.1 Å². The lowest BCUT2D eigenvalue weighted by molar-refractivity contribution is 0.362. The zero-order valence-corrected chi connectivity index (χ0v) is 10.8. The van der Waals surface area contributed by atoms with Crippen LogP contribution in [0, 0.1) is 11.8 Å². The van der Waals surface area contributed by atoms with Gasteiger partial charge in [-0.05, 0) is 37.8 Å². The minimum Gasteiger partial charge on any atom is -0.316 e. The third-order valence-electron chi connectivity index (χ3n) is 2.72. The summed E-state index contributed by atoms with van der Waals surface area (Å²) in [6.45, 7) is 9.08. The number of rotatable bonds is 7. The van der Waals surface area contributed by atoms with Gasteiger partial charge in [0.2, 0.25) is 0 Å². The Morgan fingerprint density at radius 2 is 2.27 bits per heavy atom. The van der Waals surface area contributed by atoms with Crippen molar-refractivity contribution in [3.05, 3.63) is 16.6 Å². The van der Waals surface area contributed by atoms with E-state index in [4.69, 9.17) is 0 Å². The van der Waals surface area contributed by atoms with E-state index in [9.17, 15) is 0 Å². The van der Waals surface area contributed by atoms with Gasteiger partial charge >= 0.3 is 0 Å². The van der Waals surface area contributed by atoms with Gasteiger partial charge < -0.3 is 5.32 Å². The Labute approximate surface area is 97.1 Å². The molecule has 0 saturated heterocycles. The Morgan fingerprint density at radius 1 is 1.47 bits per heavy atom. The first-order valence-electron chi connectivity index (χ1n) is 5.82. The molecule has 0 fully saturated rings. The Morgan fingerprint density at radius 3 is 2.80 bits per heavy atom. The topological polar surface area (TPSA) is 24.9 Å². The van der Waals surface area contributed by atoms with Crippen LogP contribution >= 0.6 is 11.3 Å². The second-order valence-corrected chi connectivity index (χ2v) is 5.35. The van der Waals surface area contributed by atoms with Gasteiger partial charge in [-0.1, -0.05) is 20.8 Å². The highest BCUT2D eigenvalue weighted by molar-refractivity contribution is 7.09. The van der Waals surface area contributed by atoms with Gasteiger partial charge in [-0.15, -0.1) is 11.3 Å². The van der Waals surface area contributed by atoms with E-state index in [2.05, 4.69) is 31.1 Å². The first-order chi connectivity index (χ1) is 7.24. The van der Waals surface area contributed by atoms with E-state index >= 15 is 0 Å². The smallest absolute Gasteiger partial charge is 0.0794 e. The van der Waals surface area contributed by atoms with Crippen LogP contribution in [0.5, 0.6) is 0 Å². The summed E-state index contributed by atoms with van der Waals surface area (Å²) in [5.74, 6) is 1.47. The molecule has 1 rings (SSSR count). The highest BCUT2D eigenvalue weighted by Crippen LogP contribution is 2.18. The molecule has 1 heterocycles. The summed E-state index contributed by atoms with van der Waals surface area (Å²) in [4.78, 5) is 5.54. The predicted octanol–water partition coefficient (Wildman–Crippen LogP) is 2.96. The molecule has 1 unspecified atom stereocenters. The van der Waals surface area contributed by atoms with E-state index in [0.29, 0.717) is 0 Å². The van der Waals surface area contributed by atoms with E-state index in [0.717, 1.165) is 24.9 Å². The van der Waals surface area contributed by atoms with Crippen LogP contribution in [-0.2, 0) is 6.42 Å². The minimum atomic E-state index is 0.733. The fourth-order valence-electron chi connectivity index (χ4n) is 1.61. The second kappa shape index (κ2) is 6.96. The molecule has 0 spiro atoms. The quantitative estimate of drug-likeness (QED) is 0.723. The van der Waals surface area contributed by atoms with Gasteiger partial charge in [0, 0.05) is 11.1 Å². The summed E-state index contributed by atoms with van der Waals surface area (Å²) in [5, 5.41) is 3.51. The summed E-state index contributed by atoms with van der Waals surface area (Å²) in [6.07, 6.45) is 4.38. The van der Waals surface area contributed by atoms with Gasteiger partial charge in [0.25, 0.3) is 0 Å². The molecule has 0 aliphatic heterocycles. The molecule has 0 bridgehead atoms. The number of aromatic nitrogens is 1. The van der Waals surface area contributed by atoms with Gasteiger partial charge in [-0.3, -0.25) is 4.98 Å². The van der Waals surface area contributed by atoms with E-state index < -0.39 is 0 Å². The lowest BCUT2D eigenvalue weighted by Crippen LogP contribution is -2.28. The molecular weight excluding hydrogens is 204 g/mol. The average Bonchev–Trinajstić information content (AvgIpc) is 2.69. The molecule has 1 aromatic heterocycles. The lowest BCUT2D eigenvalue weighted by Gasteiger charge is -2.20. The van der Waals surface area contributed by atoms with Crippen molar-refractivity contribution in [1.29, 1.82) is 0 Å². The Balaban J connectivity index is 2.37. The third-order valence-corrected chi connectivity index (χ3v) is 3.52. The summed E-state index contributed by atoms with van der Waals surface area (Å²) in [5.41, 5.74) is 1.92. The van der Waals surface area contributed by atoms with Gasteiger partial charge in [0.1, 0.15) is 0 Å². The Hall–Kier alpha value is -0.410. The molecule has 0 aliphatic carbocycles. The average molecular weight is 226 g/mol. The molecule has 0 saturated carbocycles. The normalized spacial score (nSPS) is 13.3. The summed E-state index contributed by atoms with van der Waals surface area (Å²) in [6, 6.07) is 0. The SMILES string of the molecule is CCCNCC(Cc1cncs1)C(C)C. The minimum absolute atomic E-state index is 0.733. The molecule has 1 N–H and O–H groups in total. The fraction of sp³-hybridized carbons (Fsp3) is 0.750. The third kappa shape index (κ3) is 4.76. The summed E-state index contributed by atoms with van der Waals surface area (Å²) < 4.78 is 0. The molecule has 1 atom stereocenters. The van der Waals surface area contributed by atoms with Crippen LogP contribution in [0.25, 0.3) is 0 Å². The zero-order valence-electron chi connectivity index (χ0n) is 9.99. The van der Waals surface area contributed by atoms with Crippen molar-refractivity contribution in [3.63, 3.8) is 0 Å². The highest BCUT2D eigenvalue weighted by Gasteiger charge is 2.14. The predicted molar refractivity (Wildman–Crippen MR) is 67.3 cm³/mol. The Bertz CT molecular complexity index is 244. The molecule has 86 valence electrons. The number of nitrogens with zero attached hydrogens (tertiary/aromatic N) is 1. The molecule has 2 nitrogen and oxygen atoms in total. The van der Waals surface area contributed by atoms with E-state index in [1.54, 1.807) is 11.3 Å². The monoisotopic (exact) mass is 226 g/mol. The van der Waals surface area contributed by atoms with Crippen LogP contribution in [-0.4, -0.2) is 18.1 Å². The number of hydrogen-bond acceptors (Lipinski definition) is 3. The lowest BCUT2D eigenvalue weighted by atomic mass is 9.92. The highest BCUT2D eigenvalue weighted by atomic mass is 32.1. The molecule has 0 aromatic carbocycles. The van der Waals surface area contributed by atoms with E-state index in [1.165, 1.54) is 17.7 Å². The van der Waals surface area contributed by atoms with Crippen molar-refractivity contribution in [2.75, 3.05) is 13.1 Å². The van der Waals surface area contributed by atoms with Crippen LogP contribution in [0.4, 0.5) is 0 Å². The van der Waals surface area contributed by atoms with Crippen molar-refractivity contribution in [1.82, 2.24) is 10.3 Å². The molecule has 3 heteroatoms. The van der Waals surface area contributed by atoms with Crippen molar-refractivity contribution >= 4 is 11.3 Å². The van der Waals surface area contributed by atoms with Gasteiger partial charge in [0.15, 0.2) is 0 Å². The van der Waals surface area contributed by atoms with Gasteiger partial charge in [-0.25, -0.2) is 0 Å². The molecule has 0 radical (unpaired) electrons. The van der Waals surface area contributed by atoms with Crippen molar-refractivity contribution < 1.29 is 0 Å². The maximum Gasteiger partial charge on any atom is 0.0794 e. The maximum atomic E-state index is 4.13. The largest absolute Gasteiger partial charge is 0.316 e. The van der Waals surface area contributed by atoms with Gasteiger partial charge in [-0.2, -0.15) is 0 Å². The molecule has 1 aromatic rings. The molecule has 0 aliphatic rings. The first-order valence-corrected chi connectivity index (χ1v) is 6.70. The fourth-order valence-corrected chi connectivity index (χ4v) is 2.30. The van der Waals surface area contributed by atoms with Crippen molar-refractivity contribution in [2.24, 2.45) is 11.8 Å². The van der Waals surface area contributed by atoms with E-state index in [1.807, 2.05) is 11.7 Å². The second-order valence-electron chi connectivity index (χ2n) is 4.38. The number of thiazole rings is 1. The van der Waals surface area contributed by atoms with Crippen LogP contribution in [0.2, 0.25) is 0 Å². The number of nitrogens with one attached hydrogen (secondary N) is 1. The van der Waals surface area contributed by atoms with E-state index in [-0.39, 0.29) is 0 Å². The molecule has 15 heavy (non-hydrogen) atoms. The number of hydrogen-bond donors (Lipinski definition) is 1. The Kier molecular flexibility index (Phi) is 5.88. The van der Waals surface area contributed by atoms with Crippen LogP contribution < -0.4 is 5.32 Å². The zero-order chi connectivity index (χ0) is 11.1. The van der Waals surface area contributed by atoms with Crippen LogP contribution in [0.15, 0.2) is 11.7 Å². The van der Waals surface area contributed by atoms with Gasteiger partial charge in [0.05, 0.1) is 5.51 Å². The molecular formula is C12H22N2S. The standard InChI is InChI=1S/C12H22N2S/c1-4-5-13-7-11(10(2)3)6-12-8-14-9-15-12/h8-11,13H,4-7H2,1-3H3. The molecule has 0 amide bonds. The summed E-state index contributed by atoms with van der Waals surface area (Å²) >= 11 is 1.77. The van der Waals surface area contributed by atoms with Crippen molar-refractivity contribution in [2.45, 2.75) is 33.6 Å². The maximum absolute atomic E-state index is 4.13. The van der Waals surface area contributed by atoms with Crippen LogP contribution in [0.3, 0.4) is 0 Å².